The quantitative estimate of drug-likeness (QED) is 0.348. The molecule has 5 rings (SSSR count). The van der Waals surface area contributed by atoms with Crippen LogP contribution in [0.4, 0.5) is 5.13 Å². The third-order valence-electron chi connectivity index (χ3n) is 7.26. The summed E-state index contributed by atoms with van der Waals surface area (Å²) in [7, 11) is 0.942. The Morgan fingerprint density at radius 3 is 2.55 bits per heavy atom. The van der Waals surface area contributed by atoms with E-state index < -0.39 is 15.7 Å². The SMILES string of the molecule is CN(C)C1CCN(Cc2cnc(NC(=O)C(=NO[C@@H]3CCOC3)c3ccc(S(=O)(=O)C4CC4)cc3)s2)CC1. The van der Waals surface area contributed by atoms with Gasteiger partial charge in [-0.15, -0.1) is 11.3 Å². The fourth-order valence-electron chi connectivity index (χ4n) is 4.73. The average Bonchev–Trinajstić information content (AvgIpc) is 3.49. The fraction of sp³-hybridized carbons (Fsp3) is 0.577. The van der Waals surface area contributed by atoms with Crippen molar-refractivity contribution in [3.63, 3.8) is 0 Å². The lowest BCUT2D eigenvalue weighted by Gasteiger charge is -2.34. The van der Waals surface area contributed by atoms with E-state index in [0.717, 1.165) is 37.4 Å². The highest BCUT2D eigenvalue weighted by molar-refractivity contribution is 7.92. The van der Waals surface area contributed by atoms with Crippen molar-refractivity contribution < 1.29 is 22.8 Å². The number of carbonyl (C=O) groups is 1. The Morgan fingerprint density at radius 2 is 1.92 bits per heavy atom. The molecule has 2 aromatic rings. The van der Waals surface area contributed by atoms with Crippen LogP contribution in [0.25, 0.3) is 0 Å². The number of piperidine rings is 1. The van der Waals surface area contributed by atoms with E-state index in [1.807, 2.05) is 0 Å². The molecule has 1 aliphatic carbocycles. The van der Waals surface area contributed by atoms with Crippen LogP contribution in [-0.2, 0) is 30.8 Å². The Bertz CT molecular complexity index is 1240. The Morgan fingerprint density at radius 1 is 1.18 bits per heavy atom. The smallest absolute Gasteiger partial charge is 0.280 e. The first-order valence-corrected chi connectivity index (χ1v) is 15.5. The van der Waals surface area contributed by atoms with E-state index in [1.165, 1.54) is 23.5 Å². The molecule has 2 saturated heterocycles. The zero-order valence-corrected chi connectivity index (χ0v) is 23.5. The van der Waals surface area contributed by atoms with E-state index >= 15 is 0 Å². The number of anilines is 1. The van der Waals surface area contributed by atoms with Crippen molar-refractivity contribution in [2.75, 3.05) is 45.7 Å². The van der Waals surface area contributed by atoms with Gasteiger partial charge in [-0.05, 0) is 51.9 Å². The number of ether oxygens (including phenoxy) is 1. The average molecular weight is 562 g/mol. The molecule has 1 aromatic carbocycles. The minimum Gasteiger partial charge on any atom is -0.389 e. The number of likely N-dealkylation sites (tertiary alicyclic amines) is 1. The summed E-state index contributed by atoms with van der Waals surface area (Å²) in [5.41, 5.74) is 0.534. The molecule has 206 valence electrons. The molecule has 0 radical (unpaired) electrons. The summed E-state index contributed by atoms with van der Waals surface area (Å²) in [4.78, 5) is 29.4. The summed E-state index contributed by atoms with van der Waals surface area (Å²) < 4.78 is 30.5. The van der Waals surface area contributed by atoms with Crippen LogP contribution in [0.1, 0.15) is 42.5 Å². The van der Waals surface area contributed by atoms with E-state index in [0.29, 0.717) is 49.2 Å². The molecule has 10 nitrogen and oxygen atoms in total. The zero-order chi connectivity index (χ0) is 26.7. The molecule has 1 atom stereocenters. The Balaban J connectivity index is 1.26. The van der Waals surface area contributed by atoms with Crippen LogP contribution in [0.5, 0.6) is 0 Å². The molecule has 1 amide bonds. The number of nitrogens with one attached hydrogen (secondary N) is 1. The molecule has 0 bridgehead atoms. The Kier molecular flexibility index (Phi) is 8.44. The maximum atomic E-state index is 13.3. The molecule has 0 spiro atoms. The van der Waals surface area contributed by atoms with Crippen molar-refractivity contribution in [2.45, 2.75) is 60.9 Å². The summed E-state index contributed by atoms with van der Waals surface area (Å²) in [5, 5.41) is 7.21. The van der Waals surface area contributed by atoms with Crippen molar-refractivity contribution in [3.05, 3.63) is 40.9 Å². The highest BCUT2D eigenvalue weighted by atomic mass is 32.2. The number of oxime groups is 1. The number of sulfone groups is 1. The van der Waals surface area contributed by atoms with Crippen LogP contribution in [0.3, 0.4) is 0 Å². The van der Waals surface area contributed by atoms with Crippen molar-refractivity contribution in [2.24, 2.45) is 5.16 Å². The molecule has 3 aliphatic rings. The van der Waals surface area contributed by atoms with Crippen molar-refractivity contribution in [1.82, 2.24) is 14.8 Å². The van der Waals surface area contributed by atoms with E-state index in [-0.39, 0.29) is 22.0 Å². The third kappa shape index (κ3) is 6.60. The number of amides is 1. The normalized spacial score (nSPS) is 21.7. The minimum absolute atomic E-state index is 0.0646. The summed E-state index contributed by atoms with van der Waals surface area (Å²) in [6.07, 6.45) is 5.94. The van der Waals surface area contributed by atoms with Gasteiger partial charge in [0.2, 0.25) is 0 Å². The summed E-state index contributed by atoms with van der Waals surface area (Å²) >= 11 is 1.44. The van der Waals surface area contributed by atoms with Gasteiger partial charge < -0.3 is 14.5 Å². The first kappa shape index (κ1) is 27.2. The summed E-state index contributed by atoms with van der Waals surface area (Å²) in [6.45, 7) is 3.88. The lowest BCUT2D eigenvalue weighted by molar-refractivity contribution is -0.110. The lowest BCUT2D eigenvalue weighted by atomic mass is 10.0. The summed E-state index contributed by atoms with van der Waals surface area (Å²) in [6, 6.07) is 6.90. The van der Waals surface area contributed by atoms with E-state index in [1.54, 1.807) is 18.3 Å². The predicted molar refractivity (Wildman–Crippen MR) is 146 cm³/mol. The molecule has 12 heteroatoms. The van der Waals surface area contributed by atoms with Gasteiger partial charge in [0, 0.05) is 48.7 Å². The number of hydrogen-bond donors (Lipinski definition) is 1. The third-order valence-corrected chi connectivity index (χ3v) is 10.4. The second-order valence-electron chi connectivity index (χ2n) is 10.4. The molecule has 1 aromatic heterocycles. The van der Waals surface area contributed by atoms with Gasteiger partial charge >= 0.3 is 0 Å². The number of aromatic nitrogens is 1. The van der Waals surface area contributed by atoms with Gasteiger partial charge in [-0.25, -0.2) is 13.4 Å². The molecular weight excluding hydrogens is 526 g/mol. The van der Waals surface area contributed by atoms with Gasteiger partial charge in [0.25, 0.3) is 5.91 Å². The van der Waals surface area contributed by atoms with E-state index in [2.05, 4.69) is 39.4 Å². The maximum absolute atomic E-state index is 13.3. The molecule has 3 heterocycles. The van der Waals surface area contributed by atoms with Gasteiger partial charge in [-0.1, -0.05) is 17.3 Å². The second-order valence-corrected chi connectivity index (χ2v) is 13.7. The number of thiazole rings is 1. The highest BCUT2D eigenvalue weighted by Crippen LogP contribution is 2.33. The fourth-order valence-corrected chi connectivity index (χ4v) is 7.24. The Hall–Kier alpha value is -2.38. The molecule has 0 unspecified atom stereocenters. The van der Waals surface area contributed by atoms with Gasteiger partial charge in [0.1, 0.15) is 0 Å². The van der Waals surface area contributed by atoms with Crippen molar-refractivity contribution in [1.29, 1.82) is 0 Å². The largest absolute Gasteiger partial charge is 0.389 e. The molecule has 1 saturated carbocycles. The predicted octanol–water partition coefficient (Wildman–Crippen LogP) is 2.75. The Labute approximate surface area is 227 Å². The van der Waals surface area contributed by atoms with Gasteiger partial charge in [0.15, 0.2) is 26.8 Å². The van der Waals surface area contributed by atoms with Gasteiger partial charge in [0.05, 0.1) is 23.4 Å². The number of nitrogens with zero attached hydrogens (tertiary/aromatic N) is 4. The van der Waals surface area contributed by atoms with Crippen molar-refractivity contribution >= 4 is 37.9 Å². The second kappa shape index (κ2) is 11.8. The number of hydrogen-bond acceptors (Lipinski definition) is 10. The molecule has 38 heavy (non-hydrogen) atoms. The first-order chi connectivity index (χ1) is 18.3. The summed E-state index contributed by atoms with van der Waals surface area (Å²) in [5.74, 6) is -0.464. The molecule has 3 fully saturated rings. The molecular formula is C26H35N5O5S2. The zero-order valence-electron chi connectivity index (χ0n) is 21.8. The van der Waals surface area contributed by atoms with E-state index in [9.17, 15) is 13.2 Å². The van der Waals surface area contributed by atoms with Crippen LogP contribution < -0.4 is 5.32 Å². The first-order valence-electron chi connectivity index (χ1n) is 13.1. The van der Waals surface area contributed by atoms with Gasteiger partial charge in [-0.2, -0.15) is 0 Å². The molecule has 2 aliphatic heterocycles. The minimum atomic E-state index is -3.32. The topological polar surface area (TPSA) is 113 Å². The van der Waals surface area contributed by atoms with Gasteiger partial charge in [-0.3, -0.25) is 15.0 Å². The van der Waals surface area contributed by atoms with Crippen LogP contribution in [0, 0.1) is 0 Å². The number of carbonyl (C=O) groups excluding carboxylic acids is 1. The van der Waals surface area contributed by atoms with Crippen LogP contribution >= 0.6 is 11.3 Å². The molecule has 1 N–H and O–H groups in total. The standard InChI is InChI=1S/C26H35N5O5S2/c1-30(2)19-9-12-31(13-10-19)16-21-15-27-26(37-21)28-25(32)24(29-36-20-11-14-35-17-20)18-3-5-22(6-4-18)38(33,34)23-7-8-23/h3-6,15,19-20,23H,7-14,16-17H2,1-2H3,(H,27,28,32)/t20-/m1/s1. The maximum Gasteiger partial charge on any atom is 0.280 e. The highest BCUT2D eigenvalue weighted by Gasteiger charge is 2.37. The van der Waals surface area contributed by atoms with Crippen molar-refractivity contribution in [3.8, 4) is 0 Å². The number of benzene rings is 1. The van der Waals surface area contributed by atoms with Crippen LogP contribution in [0.2, 0.25) is 0 Å². The van der Waals surface area contributed by atoms with Crippen LogP contribution in [0.15, 0.2) is 40.5 Å². The lowest BCUT2D eigenvalue weighted by Crippen LogP contribution is -2.41. The van der Waals surface area contributed by atoms with E-state index in [4.69, 9.17) is 9.57 Å². The van der Waals surface area contributed by atoms with Crippen LogP contribution in [-0.4, -0.2) is 92.6 Å². The monoisotopic (exact) mass is 561 g/mol. The number of rotatable bonds is 10.